The zero-order chi connectivity index (χ0) is 13.7. The number of nitrogens with zero attached hydrogens (tertiary/aromatic N) is 1. The molecular weight excluding hydrogens is 272 g/mol. The molecule has 0 radical (unpaired) electrons. The smallest absolute Gasteiger partial charge is 0.0964 e. The molecule has 0 fully saturated rings. The minimum absolute atomic E-state index is 0. The fraction of sp³-hybridized carbons (Fsp3) is 0.250. The van der Waals surface area contributed by atoms with Crippen LogP contribution < -0.4 is 10.6 Å². The van der Waals surface area contributed by atoms with E-state index in [1.807, 2.05) is 54.6 Å². The molecule has 1 atom stereocenters. The number of rotatable bonds is 5. The number of aliphatic hydroxyl groups is 1. The Labute approximate surface area is 126 Å². The van der Waals surface area contributed by atoms with Crippen LogP contribution in [0.3, 0.4) is 0 Å². The van der Waals surface area contributed by atoms with Gasteiger partial charge in [-0.2, -0.15) is 0 Å². The number of hydrogen-bond acceptors (Lipinski definition) is 3. The number of benzene rings is 2. The molecule has 0 aliphatic rings. The summed E-state index contributed by atoms with van der Waals surface area (Å²) in [5.41, 5.74) is 8.46. The van der Waals surface area contributed by atoms with Gasteiger partial charge in [-0.25, -0.2) is 0 Å². The van der Waals surface area contributed by atoms with E-state index in [0.29, 0.717) is 6.54 Å². The van der Waals surface area contributed by atoms with E-state index in [0.717, 1.165) is 23.5 Å². The number of hydrogen-bond donors (Lipinski definition) is 2. The molecule has 0 saturated carbocycles. The van der Waals surface area contributed by atoms with E-state index in [-0.39, 0.29) is 12.4 Å². The average molecular weight is 293 g/mol. The van der Waals surface area contributed by atoms with Gasteiger partial charge >= 0.3 is 0 Å². The Hall–Kier alpha value is -1.71. The van der Waals surface area contributed by atoms with Gasteiger partial charge in [0.15, 0.2) is 0 Å². The van der Waals surface area contributed by atoms with Gasteiger partial charge in [0.2, 0.25) is 0 Å². The highest BCUT2D eigenvalue weighted by atomic mass is 35.5. The van der Waals surface area contributed by atoms with Crippen LogP contribution in [0.1, 0.15) is 18.6 Å². The Balaban J connectivity index is 0.00000200. The average Bonchev–Trinajstić information content (AvgIpc) is 2.46. The lowest BCUT2D eigenvalue weighted by Gasteiger charge is -2.26. The molecule has 4 heteroatoms. The molecule has 20 heavy (non-hydrogen) atoms. The van der Waals surface area contributed by atoms with Crippen molar-refractivity contribution in [2.24, 2.45) is 0 Å². The molecule has 2 aromatic rings. The molecule has 0 amide bonds. The zero-order valence-electron chi connectivity index (χ0n) is 11.6. The summed E-state index contributed by atoms with van der Waals surface area (Å²) < 4.78 is 0. The van der Waals surface area contributed by atoms with Crippen LogP contribution in [-0.2, 0) is 0 Å². The highest BCUT2D eigenvalue weighted by Gasteiger charge is 2.12. The van der Waals surface area contributed by atoms with E-state index < -0.39 is 6.10 Å². The third-order valence-corrected chi connectivity index (χ3v) is 3.22. The second kappa shape index (κ2) is 7.78. The number of halogens is 1. The number of nitrogens with two attached hydrogens (primary N) is 1. The standard InChI is InChI=1S/C16H20N2O.ClH/c1-2-18(15-10-8-14(17)9-11-15)12-16(19)13-6-4-3-5-7-13;/h3-11,16,19H,2,12,17H2,1H3;1H/t16-;/m0./s1. The molecule has 0 heterocycles. The maximum atomic E-state index is 10.3. The predicted molar refractivity (Wildman–Crippen MR) is 87.4 cm³/mol. The summed E-state index contributed by atoms with van der Waals surface area (Å²) in [6.07, 6.45) is -0.487. The molecule has 3 nitrogen and oxygen atoms in total. The van der Waals surface area contributed by atoms with E-state index in [1.54, 1.807) is 0 Å². The van der Waals surface area contributed by atoms with Gasteiger partial charge in [0.1, 0.15) is 0 Å². The Morgan fingerprint density at radius 1 is 1.05 bits per heavy atom. The van der Waals surface area contributed by atoms with Crippen molar-refractivity contribution in [1.29, 1.82) is 0 Å². The van der Waals surface area contributed by atoms with E-state index in [4.69, 9.17) is 5.73 Å². The van der Waals surface area contributed by atoms with Crippen LogP contribution in [0.25, 0.3) is 0 Å². The molecule has 0 bridgehead atoms. The van der Waals surface area contributed by atoms with Crippen LogP contribution >= 0.6 is 12.4 Å². The van der Waals surface area contributed by atoms with Gasteiger partial charge in [-0.15, -0.1) is 12.4 Å². The normalized spacial score (nSPS) is 11.5. The monoisotopic (exact) mass is 292 g/mol. The lowest BCUT2D eigenvalue weighted by Crippen LogP contribution is -2.28. The van der Waals surface area contributed by atoms with Crippen molar-refractivity contribution in [3.63, 3.8) is 0 Å². The van der Waals surface area contributed by atoms with Crippen LogP contribution in [0.15, 0.2) is 54.6 Å². The minimum atomic E-state index is -0.487. The summed E-state index contributed by atoms with van der Waals surface area (Å²) in [7, 11) is 0. The Morgan fingerprint density at radius 3 is 2.20 bits per heavy atom. The van der Waals surface area contributed by atoms with Crippen LogP contribution in [0.2, 0.25) is 0 Å². The van der Waals surface area contributed by atoms with E-state index in [9.17, 15) is 5.11 Å². The molecule has 0 aliphatic carbocycles. The van der Waals surface area contributed by atoms with Crippen LogP contribution in [0.5, 0.6) is 0 Å². The first-order chi connectivity index (χ1) is 9.20. The summed E-state index contributed by atoms with van der Waals surface area (Å²) in [6, 6.07) is 17.5. The first kappa shape index (κ1) is 16.3. The van der Waals surface area contributed by atoms with Crippen molar-refractivity contribution in [1.82, 2.24) is 0 Å². The topological polar surface area (TPSA) is 49.5 Å². The fourth-order valence-corrected chi connectivity index (χ4v) is 2.09. The second-order valence-corrected chi connectivity index (χ2v) is 4.56. The maximum Gasteiger partial charge on any atom is 0.0964 e. The Bertz CT molecular complexity index is 502. The lowest BCUT2D eigenvalue weighted by atomic mass is 10.1. The molecule has 0 aromatic heterocycles. The first-order valence-corrected chi connectivity index (χ1v) is 6.54. The number of likely N-dealkylation sites (N-methyl/N-ethyl adjacent to an activating group) is 1. The zero-order valence-corrected chi connectivity index (χ0v) is 12.4. The molecule has 2 rings (SSSR count). The summed E-state index contributed by atoms with van der Waals surface area (Å²) in [4.78, 5) is 2.14. The van der Waals surface area contributed by atoms with Gasteiger partial charge in [0, 0.05) is 24.5 Å². The largest absolute Gasteiger partial charge is 0.399 e. The van der Waals surface area contributed by atoms with Crippen molar-refractivity contribution < 1.29 is 5.11 Å². The van der Waals surface area contributed by atoms with Gasteiger partial charge in [-0.1, -0.05) is 30.3 Å². The second-order valence-electron chi connectivity index (χ2n) is 4.56. The van der Waals surface area contributed by atoms with Crippen molar-refractivity contribution in [3.05, 3.63) is 60.2 Å². The quantitative estimate of drug-likeness (QED) is 0.832. The van der Waals surface area contributed by atoms with E-state index in [2.05, 4.69) is 11.8 Å². The molecule has 108 valence electrons. The van der Waals surface area contributed by atoms with Crippen molar-refractivity contribution in [3.8, 4) is 0 Å². The summed E-state index contributed by atoms with van der Waals surface area (Å²) in [6.45, 7) is 3.49. The van der Waals surface area contributed by atoms with Gasteiger partial charge < -0.3 is 15.7 Å². The van der Waals surface area contributed by atoms with Crippen LogP contribution in [0, 0.1) is 0 Å². The Morgan fingerprint density at radius 2 is 1.65 bits per heavy atom. The SMILES string of the molecule is CCN(C[C@H](O)c1ccccc1)c1ccc(N)cc1.Cl. The summed E-state index contributed by atoms with van der Waals surface area (Å²) in [5.74, 6) is 0. The van der Waals surface area contributed by atoms with Gasteiger partial charge in [0.25, 0.3) is 0 Å². The predicted octanol–water partition coefficient (Wildman–Crippen LogP) is 3.25. The van der Waals surface area contributed by atoms with Crippen LogP contribution in [0.4, 0.5) is 11.4 Å². The minimum Gasteiger partial charge on any atom is -0.399 e. The highest BCUT2D eigenvalue weighted by molar-refractivity contribution is 5.85. The van der Waals surface area contributed by atoms with Crippen LogP contribution in [-0.4, -0.2) is 18.2 Å². The third kappa shape index (κ3) is 4.15. The van der Waals surface area contributed by atoms with Gasteiger partial charge in [-0.05, 0) is 36.8 Å². The van der Waals surface area contributed by atoms with E-state index in [1.165, 1.54) is 0 Å². The molecule has 0 saturated heterocycles. The molecule has 2 aromatic carbocycles. The van der Waals surface area contributed by atoms with E-state index >= 15 is 0 Å². The van der Waals surface area contributed by atoms with Crippen molar-refractivity contribution >= 4 is 23.8 Å². The fourth-order valence-electron chi connectivity index (χ4n) is 2.09. The summed E-state index contributed by atoms with van der Waals surface area (Å²) >= 11 is 0. The maximum absolute atomic E-state index is 10.3. The molecule has 0 unspecified atom stereocenters. The summed E-state index contributed by atoms with van der Waals surface area (Å²) in [5, 5.41) is 10.3. The van der Waals surface area contributed by atoms with Crippen molar-refractivity contribution in [2.45, 2.75) is 13.0 Å². The number of nitrogen functional groups attached to an aromatic ring is 1. The van der Waals surface area contributed by atoms with Crippen molar-refractivity contribution in [2.75, 3.05) is 23.7 Å². The lowest BCUT2D eigenvalue weighted by molar-refractivity contribution is 0.183. The number of aliphatic hydroxyl groups excluding tert-OH is 1. The molecule has 0 aliphatic heterocycles. The molecule has 0 spiro atoms. The molecule has 3 N–H and O–H groups in total. The number of anilines is 2. The highest BCUT2D eigenvalue weighted by Crippen LogP contribution is 2.20. The first-order valence-electron chi connectivity index (χ1n) is 6.54. The molecular formula is C16H21ClN2O. The Kier molecular flexibility index (Phi) is 6.36. The third-order valence-electron chi connectivity index (χ3n) is 3.22. The van der Waals surface area contributed by atoms with Gasteiger partial charge in [0.05, 0.1) is 6.10 Å². The van der Waals surface area contributed by atoms with Gasteiger partial charge in [-0.3, -0.25) is 0 Å².